The zero-order valence-electron chi connectivity index (χ0n) is 14.2. The van der Waals surface area contributed by atoms with Crippen molar-refractivity contribution in [3.8, 4) is 5.75 Å². The lowest BCUT2D eigenvalue weighted by Crippen LogP contribution is -2.17. The molecule has 0 unspecified atom stereocenters. The first-order valence-electron chi connectivity index (χ1n) is 7.60. The Kier molecular flexibility index (Phi) is 6.19. The molecule has 130 valence electrons. The summed E-state index contributed by atoms with van der Waals surface area (Å²) in [6.07, 6.45) is 3.08. The Balaban J connectivity index is 2.08. The number of rotatable bonds is 5. The van der Waals surface area contributed by atoms with Crippen LogP contribution in [0.3, 0.4) is 0 Å². The maximum atomic E-state index is 12.1. The summed E-state index contributed by atoms with van der Waals surface area (Å²) in [6, 6.07) is 10.3. The van der Waals surface area contributed by atoms with Gasteiger partial charge >= 0.3 is 0 Å². The van der Waals surface area contributed by atoms with Gasteiger partial charge in [0, 0.05) is 29.8 Å². The van der Waals surface area contributed by atoms with Crippen LogP contribution in [0.15, 0.2) is 42.5 Å². The van der Waals surface area contributed by atoms with Crippen molar-refractivity contribution in [1.29, 1.82) is 0 Å². The van der Waals surface area contributed by atoms with Gasteiger partial charge in [0.25, 0.3) is 5.91 Å². The molecule has 25 heavy (non-hydrogen) atoms. The van der Waals surface area contributed by atoms with Gasteiger partial charge < -0.3 is 15.4 Å². The Hall–Kier alpha value is -2.79. The summed E-state index contributed by atoms with van der Waals surface area (Å²) in [4.78, 5) is 23.6. The van der Waals surface area contributed by atoms with E-state index in [0.29, 0.717) is 22.0 Å². The number of hydrogen-bond acceptors (Lipinski definition) is 3. The molecule has 2 aromatic rings. The monoisotopic (exact) mass is 358 g/mol. The van der Waals surface area contributed by atoms with Crippen molar-refractivity contribution >= 4 is 35.2 Å². The Morgan fingerprint density at radius 3 is 2.44 bits per heavy atom. The molecule has 0 fully saturated rings. The number of ether oxygens (including phenoxy) is 1. The molecular formula is C19H19ClN2O3. The quantitative estimate of drug-likeness (QED) is 0.801. The van der Waals surface area contributed by atoms with Crippen molar-refractivity contribution in [2.45, 2.75) is 6.92 Å². The maximum absolute atomic E-state index is 12.1. The summed E-state index contributed by atoms with van der Waals surface area (Å²) in [5, 5.41) is 5.89. The molecule has 5 nitrogen and oxygen atoms in total. The van der Waals surface area contributed by atoms with E-state index in [1.165, 1.54) is 13.2 Å². The van der Waals surface area contributed by atoms with Crippen LogP contribution in [0.5, 0.6) is 5.75 Å². The molecule has 0 aliphatic carbocycles. The van der Waals surface area contributed by atoms with Crippen LogP contribution in [0.1, 0.15) is 21.5 Å². The third-order valence-corrected chi connectivity index (χ3v) is 3.97. The predicted octanol–water partition coefficient (Wildman–Crippen LogP) is 3.67. The van der Waals surface area contributed by atoms with Gasteiger partial charge in [0.1, 0.15) is 5.75 Å². The van der Waals surface area contributed by atoms with Crippen LogP contribution in [0.4, 0.5) is 5.69 Å². The first-order valence-corrected chi connectivity index (χ1v) is 7.97. The molecule has 2 N–H and O–H groups in total. The maximum Gasteiger partial charge on any atom is 0.251 e. The number of amides is 2. The molecule has 2 rings (SSSR count). The van der Waals surface area contributed by atoms with Gasteiger partial charge in [-0.05, 0) is 42.3 Å². The minimum Gasteiger partial charge on any atom is -0.495 e. The SMILES string of the molecule is CNC(=O)c1ccc(/C=C/C(=O)Nc2cc(C)c(Cl)cc2OC)cc1. The van der Waals surface area contributed by atoms with Gasteiger partial charge in [0.2, 0.25) is 5.91 Å². The van der Waals surface area contributed by atoms with Gasteiger partial charge in [-0.3, -0.25) is 9.59 Å². The number of halogens is 1. The second-order valence-electron chi connectivity index (χ2n) is 5.33. The first kappa shape index (κ1) is 18.5. The number of hydrogen-bond donors (Lipinski definition) is 2. The number of benzene rings is 2. The van der Waals surface area contributed by atoms with Crippen LogP contribution in [-0.4, -0.2) is 26.0 Å². The number of nitrogens with one attached hydrogen (secondary N) is 2. The van der Waals surface area contributed by atoms with E-state index in [4.69, 9.17) is 16.3 Å². The number of anilines is 1. The summed E-state index contributed by atoms with van der Waals surface area (Å²) in [5.41, 5.74) is 2.76. The van der Waals surface area contributed by atoms with Crippen LogP contribution in [0.25, 0.3) is 6.08 Å². The topological polar surface area (TPSA) is 67.4 Å². The smallest absolute Gasteiger partial charge is 0.251 e. The van der Waals surface area contributed by atoms with Crippen molar-refractivity contribution < 1.29 is 14.3 Å². The standard InChI is InChI=1S/C19H19ClN2O3/c1-12-10-16(17(25-3)11-15(12)20)22-18(23)9-6-13-4-7-14(8-5-13)19(24)21-2/h4-11H,1-3H3,(H,21,24)(H,22,23)/b9-6+. The van der Waals surface area contributed by atoms with Crippen molar-refractivity contribution in [1.82, 2.24) is 5.32 Å². The van der Waals surface area contributed by atoms with Gasteiger partial charge in [0.15, 0.2) is 0 Å². The minimum absolute atomic E-state index is 0.154. The number of aryl methyl sites for hydroxylation is 1. The van der Waals surface area contributed by atoms with Crippen LogP contribution >= 0.6 is 11.6 Å². The van der Waals surface area contributed by atoms with Gasteiger partial charge in [-0.2, -0.15) is 0 Å². The molecule has 0 saturated carbocycles. The van der Waals surface area contributed by atoms with Crippen molar-refractivity contribution in [3.05, 3.63) is 64.2 Å². The molecule has 0 aromatic heterocycles. The third kappa shape index (κ3) is 4.84. The van der Waals surface area contributed by atoms with E-state index >= 15 is 0 Å². The molecule has 0 aliphatic heterocycles. The molecule has 2 aromatic carbocycles. The summed E-state index contributed by atoms with van der Waals surface area (Å²) in [5.74, 6) is 0.0427. The Morgan fingerprint density at radius 2 is 1.84 bits per heavy atom. The van der Waals surface area contributed by atoms with Crippen LogP contribution in [0.2, 0.25) is 5.02 Å². The molecular weight excluding hydrogens is 340 g/mol. The summed E-state index contributed by atoms with van der Waals surface area (Å²) in [7, 11) is 3.09. The highest BCUT2D eigenvalue weighted by molar-refractivity contribution is 6.31. The minimum atomic E-state index is -0.296. The van der Waals surface area contributed by atoms with Crippen molar-refractivity contribution in [2.75, 3.05) is 19.5 Å². The predicted molar refractivity (Wildman–Crippen MR) is 100 cm³/mol. The van der Waals surface area contributed by atoms with Gasteiger partial charge in [-0.15, -0.1) is 0 Å². The van der Waals surface area contributed by atoms with E-state index in [1.54, 1.807) is 49.5 Å². The van der Waals surface area contributed by atoms with Crippen LogP contribution < -0.4 is 15.4 Å². The molecule has 0 aliphatic rings. The van der Waals surface area contributed by atoms with Gasteiger partial charge in [-0.1, -0.05) is 23.7 Å². The van der Waals surface area contributed by atoms with E-state index in [1.807, 2.05) is 6.92 Å². The average Bonchev–Trinajstić information content (AvgIpc) is 2.62. The van der Waals surface area contributed by atoms with Crippen molar-refractivity contribution in [3.63, 3.8) is 0 Å². The second kappa shape index (κ2) is 8.35. The van der Waals surface area contributed by atoms with Crippen molar-refractivity contribution in [2.24, 2.45) is 0 Å². The zero-order chi connectivity index (χ0) is 18.4. The Bertz CT molecular complexity index is 814. The van der Waals surface area contributed by atoms with Gasteiger partial charge in [-0.25, -0.2) is 0 Å². The number of carbonyl (C=O) groups is 2. The third-order valence-electron chi connectivity index (χ3n) is 3.57. The fraction of sp³-hybridized carbons (Fsp3) is 0.158. The molecule has 0 spiro atoms. The largest absolute Gasteiger partial charge is 0.495 e. The molecule has 2 amide bonds. The Labute approximate surface area is 151 Å². The molecule has 0 atom stereocenters. The number of methoxy groups -OCH3 is 1. The Morgan fingerprint density at radius 1 is 1.16 bits per heavy atom. The molecule has 0 heterocycles. The summed E-state index contributed by atoms with van der Waals surface area (Å²) in [6.45, 7) is 1.85. The molecule has 0 bridgehead atoms. The molecule has 6 heteroatoms. The first-order chi connectivity index (χ1) is 11.9. The lowest BCUT2D eigenvalue weighted by atomic mass is 10.1. The van der Waals surface area contributed by atoms with Gasteiger partial charge in [0.05, 0.1) is 12.8 Å². The molecule has 0 radical (unpaired) electrons. The average molecular weight is 359 g/mol. The van der Waals surface area contributed by atoms with E-state index in [-0.39, 0.29) is 11.8 Å². The highest BCUT2D eigenvalue weighted by Gasteiger charge is 2.09. The molecule has 0 saturated heterocycles. The highest BCUT2D eigenvalue weighted by atomic mass is 35.5. The van der Waals surface area contributed by atoms with E-state index in [0.717, 1.165) is 11.1 Å². The van der Waals surface area contributed by atoms with E-state index in [9.17, 15) is 9.59 Å². The zero-order valence-corrected chi connectivity index (χ0v) is 15.0. The summed E-state index contributed by atoms with van der Waals surface area (Å²) < 4.78 is 5.23. The highest BCUT2D eigenvalue weighted by Crippen LogP contribution is 2.30. The van der Waals surface area contributed by atoms with E-state index < -0.39 is 0 Å². The van der Waals surface area contributed by atoms with Crippen LogP contribution in [-0.2, 0) is 4.79 Å². The number of carbonyl (C=O) groups excluding carboxylic acids is 2. The second-order valence-corrected chi connectivity index (χ2v) is 5.73. The fourth-order valence-corrected chi connectivity index (χ4v) is 2.32. The van der Waals surface area contributed by atoms with Crippen LogP contribution in [0, 0.1) is 6.92 Å². The van der Waals surface area contributed by atoms with E-state index in [2.05, 4.69) is 10.6 Å². The normalized spacial score (nSPS) is 10.6. The fourth-order valence-electron chi connectivity index (χ4n) is 2.17. The lowest BCUT2D eigenvalue weighted by molar-refractivity contribution is -0.111. The lowest BCUT2D eigenvalue weighted by Gasteiger charge is -2.11. The summed E-state index contributed by atoms with van der Waals surface area (Å²) >= 11 is 6.05.